The summed E-state index contributed by atoms with van der Waals surface area (Å²) in [6.07, 6.45) is 3.56. The van der Waals surface area contributed by atoms with Crippen LogP contribution in [-0.4, -0.2) is 0 Å². The quantitative estimate of drug-likeness (QED) is 0.821. The molecule has 0 atom stereocenters. The van der Waals surface area contributed by atoms with Crippen molar-refractivity contribution in [2.24, 2.45) is 0 Å². The van der Waals surface area contributed by atoms with Gasteiger partial charge < -0.3 is 10.5 Å². The maximum atomic E-state index is 6.09. The largest absolute Gasteiger partial charge is 0.456 e. The molecule has 0 saturated carbocycles. The van der Waals surface area contributed by atoms with Crippen molar-refractivity contribution in [2.45, 2.75) is 19.3 Å². The van der Waals surface area contributed by atoms with E-state index in [2.05, 4.69) is 12.1 Å². The van der Waals surface area contributed by atoms with Gasteiger partial charge >= 0.3 is 0 Å². The summed E-state index contributed by atoms with van der Waals surface area (Å²) in [4.78, 5) is 0. The smallest absolute Gasteiger partial charge is 0.146 e. The van der Waals surface area contributed by atoms with Crippen LogP contribution in [0.15, 0.2) is 36.4 Å². The van der Waals surface area contributed by atoms with E-state index in [9.17, 15) is 0 Å². The van der Waals surface area contributed by atoms with Crippen LogP contribution in [0.1, 0.15) is 17.5 Å². The van der Waals surface area contributed by atoms with Crippen LogP contribution < -0.4 is 10.5 Å². The van der Waals surface area contributed by atoms with Crippen LogP contribution in [0.5, 0.6) is 11.5 Å². The molecule has 1 aliphatic rings. The third-order valence-electron chi connectivity index (χ3n) is 3.25. The highest BCUT2D eigenvalue weighted by molar-refractivity contribution is 6.32. The Morgan fingerprint density at radius 2 is 1.83 bits per heavy atom. The summed E-state index contributed by atoms with van der Waals surface area (Å²) in [7, 11) is 0. The topological polar surface area (TPSA) is 35.2 Å². The van der Waals surface area contributed by atoms with Gasteiger partial charge in [0.2, 0.25) is 0 Å². The zero-order valence-electron chi connectivity index (χ0n) is 9.95. The van der Waals surface area contributed by atoms with Gasteiger partial charge in [0, 0.05) is 5.69 Å². The summed E-state index contributed by atoms with van der Waals surface area (Å²) >= 11 is 6.09. The highest BCUT2D eigenvalue weighted by Gasteiger charge is 2.12. The Labute approximate surface area is 111 Å². The maximum Gasteiger partial charge on any atom is 0.146 e. The first-order chi connectivity index (χ1) is 8.72. The number of ether oxygens (including phenoxy) is 1. The molecule has 0 radical (unpaired) electrons. The monoisotopic (exact) mass is 259 g/mol. The van der Waals surface area contributed by atoms with E-state index in [1.807, 2.05) is 6.07 Å². The van der Waals surface area contributed by atoms with E-state index in [-0.39, 0.29) is 0 Å². The molecular weight excluding hydrogens is 246 g/mol. The summed E-state index contributed by atoms with van der Waals surface area (Å²) in [6.45, 7) is 0. The predicted molar refractivity (Wildman–Crippen MR) is 74.4 cm³/mol. The summed E-state index contributed by atoms with van der Waals surface area (Å²) in [5.41, 5.74) is 9.12. The summed E-state index contributed by atoms with van der Waals surface area (Å²) in [5, 5.41) is 0.537. The Balaban J connectivity index is 1.88. The molecule has 0 unspecified atom stereocenters. The molecule has 0 amide bonds. The number of nitrogens with two attached hydrogens (primary N) is 1. The average Bonchev–Trinajstić information content (AvgIpc) is 2.80. The fourth-order valence-electron chi connectivity index (χ4n) is 2.34. The molecule has 0 bridgehead atoms. The Hall–Kier alpha value is -1.67. The molecule has 2 N–H and O–H groups in total. The number of nitrogen functional groups attached to an aromatic ring is 1. The fraction of sp³-hybridized carbons (Fsp3) is 0.200. The second kappa shape index (κ2) is 4.54. The third-order valence-corrected chi connectivity index (χ3v) is 3.55. The van der Waals surface area contributed by atoms with Gasteiger partial charge in [0.15, 0.2) is 0 Å². The van der Waals surface area contributed by atoms with Crippen molar-refractivity contribution >= 4 is 17.3 Å². The second-order valence-corrected chi connectivity index (χ2v) is 4.98. The molecule has 0 saturated heterocycles. The number of fused-ring (bicyclic) bond motifs is 1. The van der Waals surface area contributed by atoms with Crippen molar-refractivity contribution in [3.05, 3.63) is 52.5 Å². The first-order valence-corrected chi connectivity index (χ1v) is 6.45. The molecule has 0 aromatic heterocycles. The second-order valence-electron chi connectivity index (χ2n) is 4.58. The van der Waals surface area contributed by atoms with Crippen molar-refractivity contribution in [2.75, 3.05) is 5.73 Å². The lowest BCUT2D eigenvalue weighted by Crippen LogP contribution is -1.90. The predicted octanol–water partition coefficient (Wildman–Crippen LogP) is 4.20. The Morgan fingerprint density at radius 3 is 2.67 bits per heavy atom. The van der Waals surface area contributed by atoms with Crippen molar-refractivity contribution < 1.29 is 4.74 Å². The Bertz CT molecular complexity index is 595. The minimum absolute atomic E-state index is 0.537. The number of hydrogen-bond donors (Lipinski definition) is 1. The average molecular weight is 260 g/mol. The van der Waals surface area contributed by atoms with E-state index in [0.29, 0.717) is 16.5 Å². The van der Waals surface area contributed by atoms with Crippen molar-refractivity contribution in [3.63, 3.8) is 0 Å². The molecule has 18 heavy (non-hydrogen) atoms. The zero-order valence-corrected chi connectivity index (χ0v) is 10.7. The minimum Gasteiger partial charge on any atom is -0.456 e. The minimum atomic E-state index is 0.537. The van der Waals surface area contributed by atoms with Crippen LogP contribution >= 0.6 is 11.6 Å². The lowest BCUT2D eigenvalue weighted by molar-refractivity contribution is 0.482. The van der Waals surface area contributed by atoms with Crippen LogP contribution in [0.4, 0.5) is 5.69 Å². The first kappa shape index (κ1) is 11.4. The maximum absolute atomic E-state index is 6.09. The van der Waals surface area contributed by atoms with E-state index in [4.69, 9.17) is 22.1 Å². The summed E-state index contributed by atoms with van der Waals surface area (Å²) in [5.74, 6) is 1.48. The lowest BCUT2D eigenvalue weighted by Gasteiger charge is -2.09. The Morgan fingerprint density at radius 1 is 1.00 bits per heavy atom. The molecule has 0 heterocycles. The van der Waals surface area contributed by atoms with Crippen LogP contribution in [0.2, 0.25) is 5.02 Å². The van der Waals surface area contributed by atoms with Crippen molar-refractivity contribution in [3.8, 4) is 11.5 Å². The number of rotatable bonds is 2. The molecule has 92 valence electrons. The summed E-state index contributed by atoms with van der Waals surface area (Å²) < 4.78 is 5.80. The van der Waals surface area contributed by atoms with Gasteiger partial charge in [-0.25, -0.2) is 0 Å². The number of benzene rings is 2. The number of aryl methyl sites for hydroxylation is 2. The van der Waals surface area contributed by atoms with Gasteiger partial charge in [0.25, 0.3) is 0 Å². The molecule has 0 fully saturated rings. The highest BCUT2D eigenvalue weighted by atomic mass is 35.5. The fourth-order valence-corrected chi connectivity index (χ4v) is 2.57. The Kier molecular flexibility index (Phi) is 2.88. The third kappa shape index (κ3) is 2.16. The van der Waals surface area contributed by atoms with E-state index in [1.54, 1.807) is 18.2 Å². The van der Waals surface area contributed by atoms with Gasteiger partial charge in [-0.1, -0.05) is 17.7 Å². The van der Waals surface area contributed by atoms with E-state index in [1.165, 1.54) is 24.0 Å². The van der Waals surface area contributed by atoms with E-state index >= 15 is 0 Å². The van der Waals surface area contributed by atoms with E-state index in [0.717, 1.165) is 12.2 Å². The molecule has 2 aromatic carbocycles. The molecular formula is C15H14ClNO. The standard InChI is InChI=1S/C15H14ClNO/c16-14-9-12(17)5-7-15(14)18-13-6-4-10-2-1-3-11(10)8-13/h4-9H,1-3,17H2. The first-order valence-electron chi connectivity index (χ1n) is 6.07. The SMILES string of the molecule is Nc1ccc(Oc2ccc3c(c2)CCC3)c(Cl)c1. The van der Waals surface area contributed by atoms with Gasteiger partial charge in [-0.2, -0.15) is 0 Å². The molecule has 1 aliphatic carbocycles. The highest BCUT2D eigenvalue weighted by Crippen LogP contribution is 2.33. The van der Waals surface area contributed by atoms with Crippen LogP contribution in [-0.2, 0) is 12.8 Å². The number of hydrogen-bond acceptors (Lipinski definition) is 2. The lowest BCUT2D eigenvalue weighted by atomic mass is 10.1. The van der Waals surface area contributed by atoms with Crippen LogP contribution in [0.25, 0.3) is 0 Å². The number of anilines is 1. The van der Waals surface area contributed by atoms with Crippen molar-refractivity contribution in [1.29, 1.82) is 0 Å². The van der Waals surface area contributed by atoms with Crippen LogP contribution in [0.3, 0.4) is 0 Å². The van der Waals surface area contributed by atoms with Gasteiger partial charge in [0.1, 0.15) is 11.5 Å². The van der Waals surface area contributed by atoms with Gasteiger partial charge in [-0.15, -0.1) is 0 Å². The molecule has 2 aromatic rings. The molecule has 0 spiro atoms. The molecule has 2 nitrogen and oxygen atoms in total. The van der Waals surface area contributed by atoms with Gasteiger partial charge in [-0.3, -0.25) is 0 Å². The molecule has 0 aliphatic heterocycles. The zero-order chi connectivity index (χ0) is 12.5. The van der Waals surface area contributed by atoms with Gasteiger partial charge in [-0.05, 0) is 60.7 Å². The molecule has 3 rings (SSSR count). The van der Waals surface area contributed by atoms with E-state index < -0.39 is 0 Å². The van der Waals surface area contributed by atoms with Crippen LogP contribution in [0, 0.1) is 0 Å². The van der Waals surface area contributed by atoms with Gasteiger partial charge in [0.05, 0.1) is 5.02 Å². The molecule has 3 heteroatoms. The summed E-state index contributed by atoms with van der Waals surface area (Å²) in [6, 6.07) is 11.5. The normalized spacial score (nSPS) is 13.4. The van der Waals surface area contributed by atoms with Crippen molar-refractivity contribution in [1.82, 2.24) is 0 Å². The number of halogens is 1.